The minimum Gasteiger partial charge on any atom is -0.347 e. The van der Waals surface area contributed by atoms with Crippen LogP contribution >= 0.6 is 11.8 Å². The number of carbonyl (C=O) groups is 1. The third-order valence-corrected chi connectivity index (χ3v) is 6.28. The molecule has 0 N–H and O–H groups in total. The summed E-state index contributed by atoms with van der Waals surface area (Å²) in [6.07, 6.45) is 6.41. The van der Waals surface area contributed by atoms with Gasteiger partial charge in [0, 0.05) is 25.8 Å². The molecule has 1 atom stereocenters. The van der Waals surface area contributed by atoms with Crippen molar-refractivity contribution in [3.05, 3.63) is 23.9 Å². The van der Waals surface area contributed by atoms with Gasteiger partial charge in [0.15, 0.2) is 0 Å². The number of anilines is 1. The van der Waals surface area contributed by atoms with Crippen molar-refractivity contribution in [1.29, 1.82) is 0 Å². The monoisotopic (exact) mass is 333 g/mol. The van der Waals surface area contributed by atoms with Crippen molar-refractivity contribution < 1.29 is 4.79 Å². The molecule has 1 unspecified atom stereocenters. The predicted molar refractivity (Wildman–Crippen MR) is 97.1 cm³/mol. The molecule has 0 spiro atoms. The van der Waals surface area contributed by atoms with Crippen LogP contribution in [0, 0.1) is 5.41 Å². The molecule has 3 rings (SSSR count). The minimum absolute atomic E-state index is 0.136. The number of carbonyl (C=O) groups excluding carboxylic acids is 1. The molecule has 2 aliphatic rings. The molecule has 2 fully saturated rings. The number of aromatic nitrogens is 1. The second kappa shape index (κ2) is 7.12. The molecule has 0 saturated carbocycles. The Balaban J connectivity index is 1.67. The zero-order valence-corrected chi connectivity index (χ0v) is 15.1. The first-order valence-corrected chi connectivity index (χ1v) is 9.85. The summed E-state index contributed by atoms with van der Waals surface area (Å²) in [5.74, 6) is 3.36. The largest absolute Gasteiger partial charge is 0.347 e. The molecule has 4 nitrogen and oxygen atoms in total. The second-order valence-corrected chi connectivity index (χ2v) is 8.13. The van der Waals surface area contributed by atoms with Crippen LogP contribution in [0.3, 0.4) is 0 Å². The highest BCUT2D eigenvalue weighted by Gasteiger charge is 2.32. The fourth-order valence-electron chi connectivity index (χ4n) is 3.44. The Labute approximate surface area is 143 Å². The van der Waals surface area contributed by atoms with E-state index in [1.54, 1.807) is 6.20 Å². The Morgan fingerprint density at radius 2 is 2.22 bits per heavy atom. The molecule has 1 aromatic rings. The SMILES string of the molecule is CCC1(C)CCCN(C(=O)c2ccc(N3CCCSC3)nc2)C1. The quantitative estimate of drug-likeness (QED) is 0.846. The van der Waals surface area contributed by atoms with E-state index in [1.165, 1.54) is 18.6 Å². The van der Waals surface area contributed by atoms with Crippen molar-refractivity contribution in [3.63, 3.8) is 0 Å². The number of piperidine rings is 1. The molecule has 0 aliphatic carbocycles. The average molecular weight is 334 g/mol. The maximum atomic E-state index is 12.8. The first-order chi connectivity index (χ1) is 11.1. The van der Waals surface area contributed by atoms with Crippen molar-refractivity contribution in [2.24, 2.45) is 5.41 Å². The molecule has 0 aromatic carbocycles. The lowest BCUT2D eigenvalue weighted by molar-refractivity contribution is 0.0542. The van der Waals surface area contributed by atoms with Gasteiger partial charge < -0.3 is 9.80 Å². The van der Waals surface area contributed by atoms with Gasteiger partial charge in [0.25, 0.3) is 5.91 Å². The van der Waals surface area contributed by atoms with E-state index in [4.69, 9.17) is 0 Å². The Bertz CT molecular complexity index is 542. The summed E-state index contributed by atoms with van der Waals surface area (Å²) in [7, 11) is 0. The smallest absolute Gasteiger partial charge is 0.255 e. The van der Waals surface area contributed by atoms with Crippen LogP contribution in [0.4, 0.5) is 5.82 Å². The Hall–Kier alpha value is -1.23. The van der Waals surface area contributed by atoms with Crippen LogP contribution in [-0.2, 0) is 0 Å². The highest BCUT2D eigenvalue weighted by Crippen LogP contribution is 2.33. The highest BCUT2D eigenvalue weighted by molar-refractivity contribution is 7.99. The summed E-state index contributed by atoms with van der Waals surface area (Å²) in [5.41, 5.74) is 0.991. The molecule has 23 heavy (non-hydrogen) atoms. The van der Waals surface area contributed by atoms with E-state index < -0.39 is 0 Å². The second-order valence-electron chi connectivity index (χ2n) is 7.05. The van der Waals surface area contributed by atoms with Crippen LogP contribution in [0.15, 0.2) is 18.3 Å². The summed E-state index contributed by atoms with van der Waals surface area (Å²) in [4.78, 5) is 21.6. The summed E-state index contributed by atoms with van der Waals surface area (Å²) in [6, 6.07) is 3.95. The minimum atomic E-state index is 0.136. The normalized spacial score (nSPS) is 25.5. The van der Waals surface area contributed by atoms with Crippen LogP contribution in [-0.4, -0.2) is 47.1 Å². The Morgan fingerprint density at radius 1 is 1.35 bits per heavy atom. The van der Waals surface area contributed by atoms with E-state index in [9.17, 15) is 4.79 Å². The van der Waals surface area contributed by atoms with Gasteiger partial charge in [0.1, 0.15) is 5.82 Å². The standard InChI is InChI=1S/C18H27N3OS/c1-3-18(2)8-4-9-20(13-18)17(22)15-6-7-16(19-12-15)21-10-5-11-23-14-21/h6-7,12H,3-5,8-11,13-14H2,1-2H3. The molecule has 2 aliphatic heterocycles. The highest BCUT2D eigenvalue weighted by atomic mass is 32.2. The van der Waals surface area contributed by atoms with E-state index in [0.717, 1.165) is 49.7 Å². The lowest BCUT2D eigenvalue weighted by Crippen LogP contribution is -2.44. The molecular formula is C18H27N3OS. The van der Waals surface area contributed by atoms with E-state index in [1.807, 2.05) is 28.8 Å². The van der Waals surface area contributed by atoms with Gasteiger partial charge in [-0.05, 0) is 49.0 Å². The first-order valence-electron chi connectivity index (χ1n) is 8.69. The number of thioether (sulfide) groups is 1. The molecule has 1 amide bonds. The van der Waals surface area contributed by atoms with Gasteiger partial charge in [0.2, 0.25) is 0 Å². The first kappa shape index (κ1) is 16.6. The third-order valence-electron chi connectivity index (χ3n) is 5.20. The molecule has 0 bridgehead atoms. The van der Waals surface area contributed by atoms with E-state index in [2.05, 4.69) is 23.7 Å². The van der Waals surface area contributed by atoms with Crippen molar-refractivity contribution in [2.45, 2.75) is 39.5 Å². The van der Waals surface area contributed by atoms with Gasteiger partial charge in [-0.15, -0.1) is 11.8 Å². The topological polar surface area (TPSA) is 36.4 Å². The van der Waals surface area contributed by atoms with Crippen LogP contribution in [0.1, 0.15) is 49.9 Å². The molecule has 126 valence electrons. The molecule has 0 radical (unpaired) electrons. The van der Waals surface area contributed by atoms with Gasteiger partial charge >= 0.3 is 0 Å². The van der Waals surface area contributed by atoms with Crippen LogP contribution < -0.4 is 4.90 Å². The zero-order valence-electron chi connectivity index (χ0n) is 14.3. The fraction of sp³-hybridized carbons (Fsp3) is 0.667. The summed E-state index contributed by atoms with van der Waals surface area (Å²) in [5, 5.41) is 0. The third kappa shape index (κ3) is 3.82. The predicted octanol–water partition coefficient (Wildman–Crippen LogP) is 3.63. The van der Waals surface area contributed by atoms with Crippen LogP contribution in [0.5, 0.6) is 0 Å². The van der Waals surface area contributed by atoms with Crippen molar-refractivity contribution in [2.75, 3.05) is 36.2 Å². The van der Waals surface area contributed by atoms with Gasteiger partial charge in [-0.1, -0.05) is 13.8 Å². The maximum absolute atomic E-state index is 12.8. The molecular weight excluding hydrogens is 306 g/mol. The van der Waals surface area contributed by atoms with Crippen LogP contribution in [0.25, 0.3) is 0 Å². The lowest BCUT2D eigenvalue weighted by atomic mass is 9.79. The molecule has 3 heterocycles. The summed E-state index contributed by atoms with van der Waals surface area (Å²) in [6.45, 7) is 7.32. The molecule has 1 aromatic heterocycles. The van der Waals surface area contributed by atoms with Gasteiger partial charge in [0.05, 0.1) is 11.4 Å². The molecule has 5 heteroatoms. The van der Waals surface area contributed by atoms with Crippen molar-refractivity contribution in [3.8, 4) is 0 Å². The lowest BCUT2D eigenvalue weighted by Gasteiger charge is -2.40. The summed E-state index contributed by atoms with van der Waals surface area (Å²) >= 11 is 1.94. The number of amides is 1. The zero-order chi connectivity index (χ0) is 16.3. The number of rotatable bonds is 3. The van der Waals surface area contributed by atoms with Gasteiger partial charge in [-0.25, -0.2) is 4.98 Å². The molecule has 2 saturated heterocycles. The van der Waals surface area contributed by atoms with Gasteiger partial charge in [-0.2, -0.15) is 0 Å². The Kier molecular flexibility index (Phi) is 5.14. The van der Waals surface area contributed by atoms with E-state index in [0.29, 0.717) is 0 Å². The maximum Gasteiger partial charge on any atom is 0.255 e. The van der Waals surface area contributed by atoms with Gasteiger partial charge in [-0.3, -0.25) is 4.79 Å². The average Bonchev–Trinajstić information content (AvgIpc) is 2.62. The fourth-order valence-corrected chi connectivity index (χ4v) is 4.38. The number of nitrogens with zero attached hydrogens (tertiary/aromatic N) is 3. The van der Waals surface area contributed by atoms with E-state index >= 15 is 0 Å². The van der Waals surface area contributed by atoms with Crippen LogP contribution in [0.2, 0.25) is 0 Å². The van der Waals surface area contributed by atoms with Crippen molar-refractivity contribution >= 4 is 23.5 Å². The Morgan fingerprint density at radius 3 is 2.87 bits per heavy atom. The number of hydrogen-bond acceptors (Lipinski definition) is 4. The summed E-state index contributed by atoms with van der Waals surface area (Å²) < 4.78 is 0. The number of hydrogen-bond donors (Lipinski definition) is 0. The number of pyridine rings is 1. The number of likely N-dealkylation sites (tertiary alicyclic amines) is 1. The van der Waals surface area contributed by atoms with E-state index in [-0.39, 0.29) is 11.3 Å². The van der Waals surface area contributed by atoms with Crippen molar-refractivity contribution in [1.82, 2.24) is 9.88 Å².